The van der Waals surface area contributed by atoms with Gasteiger partial charge in [0.1, 0.15) is 5.82 Å². The van der Waals surface area contributed by atoms with Crippen LogP contribution >= 0.6 is 0 Å². The van der Waals surface area contributed by atoms with E-state index in [0.717, 1.165) is 36.6 Å². The highest BCUT2D eigenvalue weighted by Crippen LogP contribution is 2.27. The molecule has 1 saturated carbocycles. The number of hydrogen-bond donors (Lipinski definition) is 5. The predicted octanol–water partition coefficient (Wildman–Crippen LogP) is 6.24. The third-order valence-electron chi connectivity index (χ3n) is 7.94. The molecular formula is C33H36F9N7O6. The average molecular weight is 798 g/mol. The highest BCUT2D eigenvalue weighted by molar-refractivity contribution is 5.73. The molecular weight excluding hydrogens is 761 g/mol. The van der Waals surface area contributed by atoms with Crippen LogP contribution in [0.4, 0.5) is 51.0 Å². The number of anilines is 2. The van der Waals surface area contributed by atoms with E-state index < -0.39 is 36.4 Å². The highest BCUT2D eigenvalue weighted by Gasteiger charge is 2.39. The largest absolute Gasteiger partial charge is 0.490 e. The van der Waals surface area contributed by atoms with E-state index in [9.17, 15) is 39.5 Å². The van der Waals surface area contributed by atoms with Crippen molar-refractivity contribution in [3.63, 3.8) is 0 Å². The number of rotatable bonds is 6. The number of carbonyl (C=O) groups is 3. The molecule has 2 aromatic heterocycles. The zero-order chi connectivity index (χ0) is 41.6. The van der Waals surface area contributed by atoms with Gasteiger partial charge in [-0.3, -0.25) is 4.68 Å². The first-order valence-corrected chi connectivity index (χ1v) is 16.1. The minimum atomic E-state index is -5.08. The van der Waals surface area contributed by atoms with E-state index in [-0.39, 0.29) is 0 Å². The summed E-state index contributed by atoms with van der Waals surface area (Å²) in [6.07, 6.45) is -4.31. The number of nitrogens with one attached hydrogen (secondary N) is 2. The van der Waals surface area contributed by atoms with Crippen molar-refractivity contribution in [3.8, 4) is 17.3 Å². The van der Waals surface area contributed by atoms with Gasteiger partial charge >= 0.3 is 36.4 Å². The molecule has 5 rings (SSSR count). The van der Waals surface area contributed by atoms with Crippen LogP contribution in [-0.2, 0) is 21.4 Å². The number of carboxylic acid groups (broad SMARTS) is 3. The topological polar surface area (TPSA) is 194 Å². The van der Waals surface area contributed by atoms with Gasteiger partial charge in [-0.05, 0) is 68.1 Å². The number of aliphatic carboxylic acids is 3. The molecule has 0 unspecified atom stereocenters. The fourth-order valence-corrected chi connectivity index (χ4v) is 5.42. The second kappa shape index (κ2) is 20.2. The highest BCUT2D eigenvalue weighted by atomic mass is 19.4. The Kier molecular flexibility index (Phi) is 16.7. The Morgan fingerprint density at radius 3 is 1.78 bits per heavy atom. The van der Waals surface area contributed by atoms with Gasteiger partial charge in [0, 0.05) is 61.9 Å². The van der Waals surface area contributed by atoms with E-state index in [4.69, 9.17) is 35.0 Å². The summed E-state index contributed by atoms with van der Waals surface area (Å²) < 4.78 is 97.1. The van der Waals surface area contributed by atoms with Crippen LogP contribution in [-0.4, -0.2) is 97.7 Å². The van der Waals surface area contributed by atoms with Crippen LogP contribution in [0.1, 0.15) is 44.1 Å². The second-order valence-electron chi connectivity index (χ2n) is 11.9. The first-order chi connectivity index (χ1) is 25.5. The molecule has 3 heterocycles. The number of halogens is 9. The molecule has 0 amide bonds. The van der Waals surface area contributed by atoms with Gasteiger partial charge in [0.2, 0.25) is 0 Å². The smallest absolute Gasteiger partial charge is 0.475 e. The summed E-state index contributed by atoms with van der Waals surface area (Å²) >= 11 is 0. The minimum Gasteiger partial charge on any atom is -0.475 e. The molecule has 2 aliphatic rings. The number of piperidine rings is 1. The average Bonchev–Trinajstić information content (AvgIpc) is 3.55. The van der Waals surface area contributed by atoms with Gasteiger partial charge in [-0.15, -0.1) is 0 Å². The third-order valence-corrected chi connectivity index (χ3v) is 7.94. The molecule has 5 N–H and O–H groups in total. The maximum absolute atomic E-state index is 10.6. The van der Waals surface area contributed by atoms with E-state index in [0.29, 0.717) is 23.7 Å². The van der Waals surface area contributed by atoms with Crippen molar-refractivity contribution in [2.45, 2.75) is 75.2 Å². The van der Waals surface area contributed by atoms with Gasteiger partial charge in [-0.1, -0.05) is 12.8 Å². The van der Waals surface area contributed by atoms with Crippen molar-refractivity contribution in [3.05, 3.63) is 60.4 Å². The number of aromatic nitrogens is 3. The lowest BCUT2D eigenvalue weighted by Gasteiger charge is -2.40. The Labute approximate surface area is 307 Å². The van der Waals surface area contributed by atoms with Gasteiger partial charge in [-0.2, -0.15) is 49.9 Å². The number of alkyl halides is 9. The number of benzene rings is 1. The summed E-state index contributed by atoms with van der Waals surface area (Å²) in [5, 5.41) is 42.5. The molecule has 302 valence electrons. The fourth-order valence-electron chi connectivity index (χ4n) is 5.42. The van der Waals surface area contributed by atoms with Gasteiger partial charge in [-0.25, -0.2) is 19.4 Å². The zero-order valence-corrected chi connectivity index (χ0v) is 28.8. The molecule has 3 aromatic rings. The lowest BCUT2D eigenvalue weighted by molar-refractivity contribution is -0.193. The molecule has 55 heavy (non-hydrogen) atoms. The minimum absolute atomic E-state index is 0.369. The summed E-state index contributed by atoms with van der Waals surface area (Å²) in [4.78, 5) is 33.8. The van der Waals surface area contributed by atoms with Crippen LogP contribution in [0.25, 0.3) is 11.3 Å². The first kappa shape index (κ1) is 45.6. The Morgan fingerprint density at radius 2 is 1.31 bits per heavy atom. The number of hydrogen-bond acceptors (Lipinski definition) is 9. The summed E-state index contributed by atoms with van der Waals surface area (Å²) in [6.45, 7) is 2.07. The second-order valence-corrected chi connectivity index (χ2v) is 11.9. The molecule has 3 atom stereocenters. The number of pyridine rings is 1. The van der Waals surface area contributed by atoms with Crippen LogP contribution in [0, 0.1) is 11.3 Å². The monoisotopic (exact) mass is 797 g/mol. The zero-order valence-electron chi connectivity index (χ0n) is 28.8. The van der Waals surface area contributed by atoms with E-state index in [1.807, 2.05) is 48.4 Å². The maximum atomic E-state index is 10.6. The third kappa shape index (κ3) is 15.7. The maximum Gasteiger partial charge on any atom is 0.490 e. The van der Waals surface area contributed by atoms with Crippen molar-refractivity contribution in [1.29, 1.82) is 5.26 Å². The van der Waals surface area contributed by atoms with Crippen LogP contribution in [0.15, 0.2) is 54.9 Å². The van der Waals surface area contributed by atoms with Crippen molar-refractivity contribution < 1.29 is 69.2 Å². The van der Waals surface area contributed by atoms with E-state index in [1.165, 1.54) is 37.8 Å². The summed E-state index contributed by atoms with van der Waals surface area (Å²) in [5.41, 5.74) is 4.14. The van der Waals surface area contributed by atoms with Crippen LogP contribution in [0.5, 0.6) is 0 Å². The SMILES string of the molecule is Cn1nccc1-c1ccnc(N[C@@H]2CCCC[C@H]2N[C@H]2CCCN(c3ccc(C#N)cc3)C2)c1.O=C(O)C(F)(F)F.O=C(O)C(F)(F)F.O=C(O)C(F)(F)F. The molecule has 22 heteroatoms. The predicted molar refractivity (Wildman–Crippen MR) is 177 cm³/mol. The molecule has 1 saturated heterocycles. The van der Waals surface area contributed by atoms with Crippen LogP contribution in [0.3, 0.4) is 0 Å². The molecule has 0 spiro atoms. The number of nitrogens with zero attached hydrogens (tertiary/aromatic N) is 5. The fraction of sp³-hybridized carbons (Fsp3) is 0.455. The normalized spacial score (nSPS) is 18.4. The van der Waals surface area contributed by atoms with Crippen LogP contribution < -0.4 is 15.5 Å². The van der Waals surface area contributed by atoms with Gasteiger partial charge in [0.15, 0.2) is 0 Å². The van der Waals surface area contributed by atoms with Gasteiger partial charge < -0.3 is 30.9 Å². The Bertz CT molecular complexity index is 1690. The van der Waals surface area contributed by atoms with Crippen molar-refractivity contribution in [2.75, 3.05) is 23.3 Å². The molecule has 0 radical (unpaired) electrons. The van der Waals surface area contributed by atoms with Gasteiger partial charge in [0.05, 0.1) is 17.3 Å². The standard InChI is InChI=1S/C27H33N7.3C2HF3O2/c1-33-26(13-15-30-33)21-12-14-29-27(17-21)32-25-7-3-2-6-24(25)31-22-5-4-16-34(19-22)23-10-8-20(18-28)9-11-23;3*3-2(4,5)1(6)7/h8-15,17,22,24-25,31H,2-7,16,19H2,1H3,(H,29,32);3*(H,6,7)/t22-,24+,25+;;;/m0.../s1. The molecule has 0 bridgehead atoms. The van der Waals surface area contributed by atoms with Crippen molar-refractivity contribution >= 4 is 29.4 Å². The summed E-state index contributed by atoms with van der Waals surface area (Å²) in [5.74, 6) is -7.34. The Hall–Kier alpha value is -5.59. The number of carboxylic acids is 3. The molecule has 13 nitrogen and oxygen atoms in total. The molecule has 2 fully saturated rings. The molecule has 1 aliphatic heterocycles. The van der Waals surface area contributed by atoms with E-state index in [2.05, 4.69) is 49.9 Å². The summed E-state index contributed by atoms with van der Waals surface area (Å²) in [6, 6.07) is 17.7. The first-order valence-electron chi connectivity index (χ1n) is 16.1. The quantitative estimate of drug-likeness (QED) is 0.177. The van der Waals surface area contributed by atoms with Gasteiger partial charge in [0.25, 0.3) is 0 Å². The van der Waals surface area contributed by atoms with E-state index >= 15 is 0 Å². The van der Waals surface area contributed by atoms with Crippen molar-refractivity contribution in [2.24, 2.45) is 7.05 Å². The number of nitriles is 1. The lowest BCUT2D eigenvalue weighted by Crippen LogP contribution is -2.54. The number of aryl methyl sites for hydroxylation is 1. The van der Waals surface area contributed by atoms with E-state index in [1.54, 1.807) is 0 Å². The summed E-state index contributed by atoms with van der Waals surface area (Å²) in [7, 11) is 1.97. The van der Waals surface area contributed by atoms with Crippen molar-refractivity contribution in [1.82, 2.24) is 20.1 Å². The Balaban J connectivity index is 0.000000408. The van der Waals surface area contributed by atoms with Crippen LogP contribution in [0.2, 0.25) is 0 Å². The Morgan fingerprint density at radius 1 is 0.782 bits per heavy atom. The lowest BCUT2D eigenvalue weighted by atomic mass is 9.89. The molecule has 1 aliphatic carbocycles. The molecule has 1 aromatic carbocycles.